The van der Waals surface area contributed by atoms with Crippen LogP contribution in [0.1, 0.15) is 30.2 Å². The Hall–Kier alpha value is -1.76. The van der Waals surface area contributed by atoms with E-state index in [1.54, 1.807) is 0 Å². The third-order valence-corrected chi connectivity index (χ3v) is 3.09. The summed E-state index contributed by atoms with van der Waals surface area (Å²) >= 11 is 0. The van der Waals surface area contributed by atoms with E-state index in [4.69, 9.17) is 4.42 Å². The highest BCUT2D eigenvalue weighted by Gasteiger charge is 2.14. The van der Waals surface area contributed by atoms with Crippen molar-refractivity contribution in [3.05, 3.63) is 47.2 Å². The number of aryl methyl sites for hydroxylation is 1. The summed E-state index contributed by atoms with van der Waals surface area (Å²) in [6, 6.07) is 6.39. The highest BCUT2D eigenvalue weighted by atomic mass is 16.3. The average Bonchev–Trinajstić information content (AvgIpc) is 2.52. The lowest BCUT2D eigenvalue weighted by atomic mass is 10.1. The summed E-state index contributed by atoms with van der Waals surface area (Å²) in [6.45, 7) is 4.20. The zero-order valence-corrected chi connectivity index (χ0v) is 9.58. The third kappa shape index (κ3) is 1.32. The first-order valence-electron chi connectivity index (χ1n) is 5.62. The van der Waals surface area contributed by atoms with Crippen molar-refractivity contribution in [1.82, 2.24) is 0 Å². The Morgan fingerprint density at radius 3 is 2.94 bits per heavy atom. The molecule has 0 N–H and O–H groups in total. The minimum absolute atomic E-state index is 0.989. The summed E-state index contributed by atoms with van der Waals surface area (Å²) in [4.78, 5) is 0. The fourth-order valence-electron chi connectivity index (χ4n) is 2.21. The molecular formula is C15H14O. The zero-order valence-electron chi connectivity index (χ0n) is 9.58. The molecule has 80 valence electrons. The summed E-state index contributed by atoms with van der Waals surface area (Å²) in [5.74, 6) is 1.02. The molecule has 3 rings (SSSR count). The van der Waals surface area contributed by atoms with Crippen LogP contribution in [-0.2, 0) is 0 Å². The van der Waals surface area contributed by atoms with Crippen molar-refractivity contribution in [2.24, 2.45) is 0 Å². The molecule has 1 aromatic heterocycles. The van der Waals surface area contributed by atoms with Gasteiger partial charge >= 0.3 is 0 Å². The maximum Gasteiger partial charge on any atom is 0.138 e. The maximum atomic E-state index is 5.94. The average molecular weight is 210 g/mol. The van der Waals surface area contributed by atoms with Crippen LogP contribution >= 0.6 is 0 Å². The Morgan fingerprint density at radius 2 is 2.06 bits per heavy atom. The van der Waals surface area contributed by atoms with E-state index in [9.17, 15) is 0 Å². The molecule has 16 heavy (non-hydrogen) atoms. The SMILES string of the molecule is CC1=CCC=Cc2c1oc1cc(C)ccc21. The molecule has 0 bridgehead atoms. The number of fused-ring (bicyclic) bond motifs is 3. The van der Waals surface area contributed by atoms with Gasteiger partial charge in [0, 0.05) is 10.9 Å². The van der Waals surface area contributed by atoms with Gasteiger partial charge in [0.05, 0.1) is 0 Å². The van der Waals surface area contributed by atoms with E-state index in [0.29, 0.717) is 0 Å². The van der Waals surface area contributed by atoms with Crippen LogP contribution in [0.25, 0.3) is 22.6 Å². The lowest BCUT2D eigenvalue weighted by molar-refractivity contribution is 0.598. The summed E-state index contributed by atoms with van der Waals surface area (Å²) in [7, 11) is 0. The molecule has 1 aliphatic carbocycles. The van der Waals surface area contributed by atoms with Crippen molar-refractivity contribution in [2.45, 2.75) is 20.3 Å². The van der Waals surface area contributed by atoms with Gasteiger partial charge in [0.15, 0.2) is 0 Å². The molecule has 1 heteroatoms. The van der Waals surface area contributed by atoms with Gasteiger partial charge in [0.25, 0.3) is 0 Å². The Kier molecular flexibility index (Phi) is 2.00. The molecule has 0 amide bonds. The number of hydrogen-bond acceptors (Lipinski definition) is 1. The van der Waals surface area contributed by atoms with Gasteiger partial charge in [-0.2, -0.15) is 0 Å². The zero-order chi connectivity index (χ0) is 11.1. The summed E-state index contributed by atoms with van der Waals surface area (Å²) in [5, 5.41) is 1.21. The van der Waals surface area contributed by atoms with Crippen molar-refractivity contribution in [3.63, 3.8) is 0 Å². The second-order valence-electron chi connectivity index (χ2n) is 4.37. The minimum Gasteiger partial charge on any atom is -0.456 e. The Balaban J connectivity index is 2.38. The fraction of sp³-hybridized carbons (Fsp3) is 0.200. The van der Waals surface area contributed by atoms with E-state index >= 15 is 0 Å². The van der Waals surface area contributed by atoms with Crippen molar-refractivity contribution in [2.75, 3.05) is 0 Å². The standard InChI is InChI=1S/C15H14O/c1-10-7-8-12-13-6-4-3-5-11(2)15(13)16-14(12)9-10/h4-9H,3H2,1-2H3. The number of allylic oxidation sites excluding steroid dienone is 3. The summed E-state index contributed by atoms with van der Waals surface area (Å²) in [5.41, 5.74) is 4.68. The molecule has 0 aliphatic heterocycles. The molecular weight excluding hydrogens is 196 g/mol. The van der Waals surface area contributed by atoms with E-state index < -0.39 is 0 Å². The van der Waals surface area contributed by atoms with Crippen LogP contribution in [0.2, 0.25) is 0 Å². The predicted molar refractivity (Wildman–Crippen MR) is 68.3 cm³/mol. The second-order valence-corrected chi connectivity index (χ2v) is 4.37. The third-order valence-electron chi connectivity index (χ3n) is 3.09. The smallest absolute Gasteiger partial charge is 0.138 e. The summed E-state index contributed by atoms with van der Waals surface area (Å²) < 4.78 is 5.94. The molecule has 0 radical (unpaired) electrons. The number of furan rings is 1. The second kappa shape index (κ2) is 3.38. The van der Waals surface area contributed by atoms with E-state index in [-0.39, 0.29) is 0 Å². The first-order valence-corrected chi connectivity index (χ1v) is 5.62. The van der Waals surface area contributed by atoms with Gasteiger partial charge in [-0.15, -0.1) is 0 Å². The molecule has 0 fully saturated rings. The van der Waals surface area contributed by atoms with Crippen LogP contribution in [0, 0.1) is 6.92 Å². The van der Waals surface area contributed by atoms with Gasteiger partial charge in [0.1, 0.15) is 11.3 Å². The van der Waals surface area contributed by atoms with Crippen LogP contribution in [0.5, 0.6) is 0 Å². The molecule has 1 aliphatic rings. The van der Waals surface area contributed by atoms with Crippen LogP contribution in [0.3, 0.4) is 0 Å². The van der Waals surface area contributed by atoms with Gasteiger partial charge < -0.3 is 4.42 Å². The molecule has 0 saturated heterocycles. The predicted octanol–water partition coefficient (Wildman–Crippen LogP) is 4.56. The lowest BCUT2D eigenvalue weighted by Gasteiger charge is -1.94. The molecule has 0 spiro atoms. The maximum absolute atomic E-state index is 5.94. The van der Waals surface area contributed by atoms with Crippen molar-refractivity contribution < 1.29 is 4.42 Å². The lowest BCUT2D eigenvalue weighted by Crippen LogP contribution is -1.77. The number of rotatable bonds is 0. The van der Waals surface area contributed by atoms with Gasteiger partial charge in [-0.3, -0.25) is 0 Å². The quantitative estimate of drug-likeness (QED) is 0.621. The normalized spacial score (nSPS) is 14.8. The first-order chi connectivity index (χ1) is 7.75. The highest BCUT2D eigenvalue weighted by molar-refractivity contribution is 5.93. The highest BCUT2D eigenvalue weighted by Crippen LogP contribution is 2.33. The molecule has 1 aromatic carbocycles. The molecule has 0 saturated carbocycles. The topological polar surface area (TPSA) is 13.1 Å². The monoisotopic (exact) mass is 210 g/mol. The number of benzene rings is 1. The van der Waals surface area contributed by atoms with E-state index in [1.165, 1.54) is 22.1 Å². The van der Waals surface area contributed by atoms with Crippen LogP contribution in [0.4, 0.5) is 0 Å². The van der Waals surface area contributed by atoms with Crippen LogP contribution in [-0.4, -0.2) is 0 Å². The van der Waals surface area contributed by atoms with Gasteiger partial charge in [-0.05, 0) is 37.5 Å². The largest absolute Gasteiger partial charge is 0.456 e. The Labute approximate surface area is 95.1 Å². The molecule has 1 nitrogen and oxygen atoms in total. The molecule has 2 aromatic rings. The molecule has 1 heterocycles. The first kappa shape index (κ1) is 9.46. The van der Waals surface area contributed by atoms with Crippen molar-refractivity contribution in [3.8, 4) is 0 Å². The van der Waals surface area contributed by atoms with Crippen LogP contribution < -0.4 is 0 Å². The minimum atomic E-state index is 0.989. The van der Waals surface area contributed by atoms with Crippen LogP contribution in [0.15, 0.2) is 34.8 Å². The van der Waals surface area contributed by atoms with E-state index in [2.05, 4.69) is 50.3 Å². The Bertz CT molecular complexity index is 612. The summed E-state index contributed by atoms with van der Waals surface area (Å²) in [6.07, 6.45) is 7.55. The fourth-order valence-corrected chi connectivity index (χ4v) is 2.21. The van der Waals surface area contributed by atoms with Crippen molar-refractivity contribution >= 4 is 22.6 Å². The van der Waals surface area contributed by atoms with Gasteiger partial charge in [-0.25, -0.2) is 0 Å². The number of hydrogen-bond donors (Lipinski definition) is 0. The van der Waals surface area contributed by atoms with E-state index in [1.807, 2.05) is 0 Å². The Morgan fingerprint density at radius 1 is 1.19 bits per heavy atom. The van der Waals surface area contributed by atoms with E-state index in [0.717, 1.165) is 17.8 Å². The molecule has 0 unspecified atom stereocenters. The molecule has 0 atom stereocenters. The van der Waals surface area contributed by atoms with Gasteiger partial charge in [-0.1, -0.05) is 30.4 Å². The van der Waals surface area contributed by atoms with Crippen molar-refractivity contribution in [1.29, 1.82) is 0 Å². The van der Waals surface area contributed by atoms with Gasteiger partial charge in [0.2, 0.25) is 0 Å².